The van der Waals surface area contributed by atoms with Gasteiger partial charge in [-0.25, -0.2) is 0 Å². The van der Waals surface area contributed by atoms with E-state index >= 15 is 0 Å². The lowest BCUT2D eigenvalue weighted by Crippen LogP contribution is -1.96. The van der Waals surface area contributed by atoms with Crippen LogP contribution in [-0.2, 0) is 6.54 Å². The Morgan fingerprint density at radius 3 is 2.82 bits per heavy atom. The molecule has 0 unspecified atom stereocenters. The lowest BCUT2D eigenvalue weighted by atomic mass is 10.2. The lowest BCUT2D eigenvalue weighted by molar-refractivity contribution is 0.404. The van der Waals surface area contributed by atoms with E-state index in [4.69, 9.17) is 10.5 Å². The number of benzene rings is 1. The normalized spacial score (nSPS) is 9.73. The van der Waals surface area contributed by atoms with Crippen molar-refractivity contribution >= 4 is 12.6 Å². The zero-order valence-corrected chi connectivity index (χ0v) is 7.27. The van der Waals surface area contributed by atoms with Gasteiger partial charge in [0.2, 0.25) is 0 Å². The molecule has 1 rings (SSSR count). The third kappa shape index (κ3) is 1.88. The molecule has 2 N–H and O–H groups in total. The van der Waals surface area contributed by atoms with Gasteiger partial charge in [-0.05, 0) is 17.7 Å². The van der Waals surface area contributed by atoms with E-state index in [2.05, 4.69) is 12.6 Å². The first-order valence-corrected chi connectivity index (χ1v) is 3.78. The SMILES string of the molecule is COc1cc(CN)ccc1S. The summed E-state index contributed by atoms with van der Waals surface area (Å²) in [5, 5.41) is 0. The minimum absolute atomic E-state index is 0.532. The maximum atomic E-state index is 5.44. The van der Waals surface area contributed by atoms with Crippen LogP contribution in [0.25, 0.3) is 0 Å². The molecule has 3 heteroatoms. The molecule has 0 atom stereocenters. The summed E-state index contributed by atoms with van der Waals surface area (Å²) in [5.41, 5.74) is 6.50. The third-order valence-corrected chi connectivity index (χ3v) is 1.85. The molecule has 0 fully saturated rings. The van der Waals surface area contributed by atoms with E-state index in [0.717, 1.165) is 16.2 Å². The second-order valence-electron chi connectivity index (χ2n) is 2.21. The highest BCUT2D eigenvalue weighted by molar-refractivity contribution is 7.80. The molecule has 60 valence electrons. The van der Waals surface area contributed by atoms with Gasteiger partial charge in [0, 0.05) is 11.4 Å². The van der Waals surface area contributed by atoms with Crippen molar-refractivity contribution in [2.45, 2.75) is 11.4 Å². The maximum absolute atomic E-state index is 5.44. The highest BCUT2D eigenvalue weighted by Gasteiger charge is 1.98. The quantitative estimate of drug-likeness (QED) is 0.657. The van der Waals surface area contributed by atoms with Gasteiger partial charge in [0.1, 0.15) is 5.75 Å². The van der Waals surface area contributed by atoms with Gasteiger partial charge in [-0.1, -0.05) is 6.07 Å². The minimum Gasteiger partial charge on any atom is -0.496 e. The predicted molar refractivity (Wildman–Crippen MR) is 48.1 cm³/mol. The molecule has 0 heterocycles. The Labute approximate surface area is 71.8 Å². The number of ether oxygens (including phenoxy) is 1. The molecule has 0 aliphatic heterocycles. The average molecular weight is 169 g/mol. The molecule has 0 saturated carbocycles. The molecule has 0 spiro atoms. The van der Waals surface area contributed by atoms with Gasteiger partial charge < -0.3 is 10.5 Å². The van der Waals surface area contributed by atoms with Gasteiger partial charge in [-0.15, -0.1) is 12.6 Å². The van der Waals surface area contributed by atoms with Crippen molar-refractivity contribution in [3.8, 4) is 5.75 Å². The molecule has 1 aromatic rings. The smallest absolute Gasteiger partial charge is 0.132 e. The van der Waals surface area contributed by atoms with E-state index in [1.54, 1.807) is 7.11 Å². The third-order valence-electron chi connectivity index (χ3n) is 1.48. The van der Waals surface area contributed by atoms with Crippen molar-refractivity contribution in [3.63, 3.8) is 0 Å². The van der Waals surface area contributed by atoms with Crippen LogP contribution in [-0.4, -0.2) is 7.11 Å². The van der Waals surface area contributed by atoms with Crippen molar-refractivity contribution in [1.29, 1.82) is 0 Å². The summed E-state index contributed by atoms with van der Waals surface area (Å²) < 4.78 is 5.06. The van der Waals surface area contributed by atoms with Gasteiger partial charge in [0.05, 0.1) is 7.11 Å². The fourth-order valence-corrected chi connectivity index (χ4v) is 1.08. The number of thiol groups is 1. The summed E-state index contributed by atoms with van der Waals surface area (Å²) >= 11 is 4.20. The number of nitrogens with two attached hydrogens (primary N) is 1. The van der Waals surface area contributed by atoms with Crippen molar-refractivity contribution < 1.29 is 4.74 Å². The number of hydrogen-bond donors (Lipinski definition) is 2. The fraction of sp³-hybridized carbons (Fsp3) is 0.250. The van der Waals surface area contributed by atoms with Crippen LogP contribution < -0.4 is 10.5 Å². The fourth-order valence-electron chi connectivity index (χ4n) is 0.849. The summed E-state index contributed by atoms with van der Waals surface area (Å²) in [7, 11) is 1.62. The first-order valence-electron chi connectivity index (χ1n) is 3.34. The second kappa shape index (κ2) is 3.64. The van der Waals surface area contributed by atoms with Crippen LogP contribution in [0.1, 0.15) is 5.56 Å². The van der Waals surface area contributed by atoms with E-state index in [9.17, 15) is 0 Å². The Hall–Kier alpha value is -0.670. The molecule has 0 radical (unpaired) electrons. The van der Waals surface area contributed by atoms with Crippen LogP contribution in [0.3, 0.4) is 0 Å². The Morgan fingerprint density at radius 2 is 2.27 bits per heavy atom. The molecule has 11 heavy (non-hydrogen) atoms. The molecule has 0 saturated heterocycles. The topological polar surface area (TPSA) is 35.2 Å². The summed E-state index contributed by atoms with van der Waals surface area (Å²) in [5.74, 6) is 0.774. The second-order valence-corrected chi connectivity index (χ2v) is 2.69. The van der Waals surface area contributed by atoms with E-state index in [-0.39, 0.29) is 0 Å². The molecule has 0 aliphatic rings. The summed E-state index contributed by atoms with van der Waals surface area (Å²) in [4.78, 5) is 0.838. The van der Waals surface area contributed by atoms with Gasteiger partial charge >= 0.3 is 0 Å². The molecule has 2 nitrogen and oxygen atoms in total. The van der Waals surface area contributed by atoms with Crippen LogP contribution in [0.15, 0.2) is 23.1 Å². The number of rotatable bonds is 2. The highest BCUT2D eigenvalue weighted by atomic mass is 32.1. The number of hydrogen-bond acceptors (Lipinski definition) is 3. The maximum Gasteiger partial charge on any atom is 0.132 e. The lowest BCUT2D eigenvalue weighted by Gasteiger charge is -2.04. The molecular weight excluding hydrogens is 158 g/mol. The molecule has 0 aromatic heterocycles. The van der Waals surface area contributed by atoms with Crippen molar-refractivity contribution in [3.05, 3.63) is 23.8 Å². The van der Waals surface area contributed by atoms with Gasteiger partial charge in [0.25, 0.3) is 0 Å². The van der Waals surface area contributed by atoms with Gasteiger partial charge in [0.15, 0.2) is 0 Å². The van der Waals surface area contributed by atoms with E-state index in [1.807, 2.05) is 18.2 Å². The van der Waals surface area contributed by atoms with Gasteiger partial charge in [-0.3, -0.25) is 0 Å². The summed E-state index contributed by atoms with van der Waals surface area (Å²) in [6.45, 7) is 0.532. The summed E-state index contributed by atoms with van der Waals surface area (Å²) in [6, 6.07) is 5.71. The standard InChI is InChI=1S/C8H11NOS/c1-10-7-4-6(5-9)2-3-8(7)11/h2-4,11H,5,9H2,1H3. The molecule has 0 amide bonds. The highest BCUT2D eigenvalue weighted by Crippen LogP contribution is 2.22. The number of methoxy groups -OCH3 is 1. The molecule has 0 aliphatic carbocycles. The average Bonchev–Trinajstić information content (AvgIpc) is 2.05. The zero-order chi connectivity index (χ0) is 8.27. The van der Waals surface area contributed by atoms with E-state index in [0.29, 0.717) is 6.54 Å². The minimum atomic E-state index is 0.532. The van der Waals surface area contributed by atoms with Gasteiger partial charge in [-0.2, -0.15) is 0 Å². The molecule has 1 aromatic carbocycles. The van der Waals surface area contributed by atoms with Crippen molar-refractivity contribution in [2.24, 2.45) is 5.73 Å². The van der Waals surface area contributed by atoms with Crippen LogP contribution in [0.4, 0.5) is 0 Å². The zero-order valence-electron chi connectivity index (χ0n) is 6.37. The summed E-state index contributed by atoms with van der Waals surface area (Å²) in [6.07, 6.45) is 0. The van der Waals surface area contributed by atoms with Crippen LogP contribution >= 0.6 is 12.6 Å². The Kier molecular flexibility index (Phi) is 2.79. The van der Waals surface area contributed by atoms with Crippen molar-refractivity contribution in [2.75, 3.05) is 7.11 Å². The van der Waals surface area contributed by atoms with Crippen LogP contribution in [0.2, 0.25) is 0 Å². The van der Waals surface area contributed by atoms with Crippen molar-refractivity contribution in [1.82, 2.24) is 0 Å². The Morgan fingerprint density at radius 1 is 1.55 bits per heavy atom. The Balaban J connectivity index is 3.02. The molecular formula is C8H11NOS. The first-order chi connectivity index (χ1) is 5.27. The Bertz CT molecular complexity index is 250. The first kappa shape index (κ1) is 8.43. The van der Waals surface area contributed by atoms with E-state index < -0.39 is 0 Å². The monoisotopic (exact) mass is 169 g/mol. The predicted octanol–water partition coefficient (Wildman–Crippen LogP) is 1.44. The van der Waals surface area contributed by atoms with Crippen LogP contribution in [0, 0.1) is 0 Å². The largest absolute Gasteiger partial charge is 0.496 e. The van der Waals surface area contributed by atoms with E-state index in [1.165, 1.54) is 0 Å². The molecule has 0 bridgehead atoms. The van der Waals surface area contributed by atoms with Crippen LogP contribution in [0.5, 0.6) is 5.75 Å².